The molecule has 2 N–H and O–H groups in total. The molecule has 1 aromatic heterocycles. The smallest absolute Gasteiger partial charge is 0.265 e. The zero-order valence-corrected chi connectivity index (χ0v) is 13.1. The van der Waals surface area contributed by atoms with E-state index in [2.05, 4.69) is 14.9 Å². The van der Waals surface area contributed by atoms with Crippen molar-refractivity contribution in [3.8, 4) is 5.75 Å². The van der Waals surface area contributed by atoms with E-state index in [1.807, 2.05) is 0 Å². The van der Waals surface area contributed by atoms with E-state index in [9.17, 15) is 8.42 Å². The van der Waals surface area contributed by atoms with E-state index in [1.165, 1.54) is 19.2 Å². The van der Waals surface area contributed by atoms with E-state index in [0.717, 1.165) is 10.9 Å². The standard InChI is InChI=1S/C14H12ClN3O3S/c1-21-13-5-3-10(15)6-14(13)22(19,20)18-11-4-2-9-8-16-17-12(9)7-11/h2-8,18H,1H3,(H,16,17). The highest BCUT2D eigenvalue weighted by Crippen LogP contribution is 2.29. The lowest BCUT2D eigenvalue weighted by Gasteiger charge is -2.12. The predicted octanol–water partition coefficient (Wildman–Crippen LogP) is 3.03. The topological polar surface area (TPSA) is 84.1 Å². The van der Waals surface area contributed by atoms with E-state index in [-0.39, 0.29) is 10.6 Å². The van der Waals surface area contributed by atoms with Gasteiger partial charge >= 0.3 is 0 Å². The van der Waals surface area contributed by atoms with E-state index in [0.29, 0.717) is 10.7 Å². The van der Waals surface area contributed by atoms with Crippen molar-refractivity contribution in [1.29, 1.82) is 0 Å². The quantitative estimate of drug-likeness (QED) is 0.766. The number of halogens is 1. The number of hydrogen-bond acceptors (Lipinski definition) is 4. The van der Waals surface area contributed by atoms with Crippen LogP contribution in [0, 0.1) is 0 Å². The Hall–Kier alpha value is -2.25. The Labute approximate surface area is 132 Å². The molecule has 0 saturated heterocycles. The van der Waals surface area contributed by atoms with Crippen LogP contribution in [0.4, 0.5) is 5.69 Å². The number of nitrogens with one attached hydrogen (secondary N) is 2. The molecule has 3 aromatic rings. The Morgan fingerprint density at radius 1 is 1.23 bits per heavy atom. The van der Waals surface area contributed by atoms with Gasteiger partial charge in [-0.2, -0.15) is 5.10 Å². The first-order valence-electron chi connectivity index (χ1n) is 6.29. The molecule has 1 heterocycles. The number of anilines is 1. The fourth-order valence-electron chi connectivity index (χ4n) is 2.07. The van der Waals surface area contributed by atoms with Crippen LogP contribution in [0.2, 0.25) is 5.02 Å². The van der Waals surface area contributed by atoms with Crippen LogP contribution in [0.15, 0.2) is 47.5 Å². The van der Waals surface area contributed by atoms with Crippen LogP contribution in [-0.4, -0.2) is 25.7 Å². The normalized spacial score (nSPS) is 11.5. The number of ether oxygens (including phenoxy) is 1. The highest BCUT2D eigenvalue weighted by molar-refractivity contribution is 7.92. The molecule has 0 amide bonds. The number of rotatable bonds is 4. The first-order chi connectivity index (χ1) is 10.5. The van der Waals surface area contributed by atoms with Gasteiger partial charge in [-0.05, 0) is 36.4 Å². The van der Waals surface area contributed by atoms with Crippen molar-refractivity contribution in [3.63, 3.8) is 0 Å². The van der Waals surface area contributed by atoms with Crippen molar-refractivity contribution in [2.45, 2.75) is 4.90 Å². The Kier molecular flexibility index (Phi) is 3.67. The van der Waals surface area contributed by atoms with Gasteiger partial charge in [-0.25, -0.2) is 8.42 Å². The zero-order chi connectivity index (χ0) is 15.7. The van der Waals surface area contributed by atoms with Crippen LogP contribution >= 0.6 is 11.6 Å². The van der Waals surface area contributed by atoms with Gasteiger partial charge in [0.1, 0.15) is 10.6 Å². The molecule has 0 radical (unpaired) electrons. The van der Waals surface area contributed by atoms with Gasteiger partial charge in [0, 0.05) is 10.4 Å². The maximum atomic E-state index is 12.5. The molecule has 0 bridgehead atoms. The molecule has 2 aromatic carbocycles. The number of fused-ring (bicyclic) bond motifs is 1. The summed E-state index contributed by atoms with van der Waals surface area (Å²) in [6, 6.07) is 9.51. The Bertz CT molecular complexity index is 937. The maximum absolute atomic E-state index is 12.5. The molecule has 114 valence electrons. The third kappa shape index (κ3) is 2.72. The molecule has 6 nitrogen and oxygen atoms in total. The van der Waals surface area contributed by atoms with Gasteiger partial charge in [0.2, 0.25) is 0 Å². The molecule has 0 unspecified atom stereocenters. The highest BCUT2D eigenvalue weighted by Gasteiger charge is 2.20. The third-order valence-electron chi connectivity index (χ3n) is 3.11. The number of nitrogens with zero attached hydrogens (tertiary/aromatic N) is 1. The molecule has 8 heteroatoms. The van der Waals surface area contributed by atoms with E-state index in [4.69, 9.17) is 16.3 Å². The number of aromatic nitrogens is 2. The Balaban J connectivity index is 2.01. The molecule has 3 rings (SSSR count). The minimum atomic E-state index is -3.82. The van der Waals surface area contributed by atoms with Gasteiger partial charge in [0.15, 0.2) is 0 Å². The van der Waals surface area contributed by atoms with Gasteiger partial charge in [-0.15, -0.1) is 0 Å². The third-order valence-corrected chi connectivity index (χ3v) is 4.75. The van der Waals surface area contributed by atoms with Crippen LogP contribution in [0.5, 0.6) is 5.75 Å². The van der Waals surface area contributed by atoms with E-state index in [1.54, 1.807) is 30.5 Å². The molecular formula is C14H12ClN3O3S. The van der Waals surface area contributed by atoms with Gasteiger partial charge in [-0.1, -0.05) is 11.6 Å². The molecule has 0 saturated carbocycles. The summed E-state index contributed by atoms with van der Waals surface area (Å²) in [5.74, 6) is 0.222. The number of hydrogen-bond donors (Lipinski definition) is 2. The predicted molar refractivity (Wildman–Crippen MR) is 84.9 cm³/mol. The van der Waals surface area contributed by atoms with E-state index >= 15 is 0 Å². The lowest BCUT2D eigenvalue weighted by molar-refractivity contribution is 0.403. The number of H-pyrrole nitrogens is 1. The van der Waals surface area contributed by atoms with Crippen LogP contribution < -0.4 is 9.46 Å². The van der Waals surface area contributed by atoms with Crippen molar-refractivity contribution >= 4 is 38.2 Å². The van der Waals surface area contributed by atoms with Gasteiger partial charge < -0.3 is 4.74 Å². The number of sulfonamides is 1. The van der Waals surface area contributed by atoms with Crippen molar-refractivity contribution in [3.05, 3.63) is 47.6 Å². The molecule has 0 aliphatic rings. The largest absolute Gasteiger partial charge is 0.495 e. The van der Waals surface area contributed by atoms with Crippen molar-refractivity contribution in [2.24, 2.45) is 0 Å². The first-order valence-corrected chi connectivity index (χ1v) is 8.15. The van der Waals surface area contributed by atoms with Crippen LogP contribution in [0.1, 0.15) is 0 Å². The molecule has 0 aliphatic carbocycles. The van der Waals surface area contributed by atoms with E-state index < -0.39 is 10.0 Å². The highest BCUT2D eigenvalue weighted by atomic mass is 35.5. The molecule has 22 heavy (non-hydrogen) atoms. The lowest BCUT2D eigenvalue weighted by atomic mass is 10.2. The first kappa shape index (κ1) is 14.7. The monoisotopic (exact) mass is 337 g/mol. The fourth-order valence-corrected chi connectivity index (χ4v) is 3.55. The number of benzene rings is 2. The molecule has 0 atom stereocenters. The molecule has 0 fully saturated rings. The van der Waals surface area contributed by atoms with Crippen LogP contribution in [0.25, 0.3) is 10.9 Å². The molecular weight excluding hydrogens is 326 g/mol. The number of aromatic amines is 1. The van der Waals surface area contributed by atoms with Gasteiger partial charge in [0.05, 0.1) is 24.5 Å². The Morgan fingerprint density at radius 3 is 2.82 bits per heavy atom. The summed E-state index contributed by atoms with van der Waals surface area (Å²) in [6.07, 6.45) is 1.66. The summed E-state index contributed by atoms with van der Waals surface area (Å²) < 4.78 is 32.7. The summed E-state index contributed by atoms with van der Waals surface area (Å²) in [7, 11) is -2.42. The summed E-state index contributed by atoms with van der Waals surface area (Å²) in [5.41, 5.74) is 1.15. The second kappa shape index (κ2) is 5.51. The van der Waals surface area contributed by atoms with Crippen LogP contribution in [0.3, 0.4) is 0 Å². The number of methoxy groups -OCH3 is 1. The van der Waals surface area contributed by atoms with Crippen molar-refractivity contribution in [2.75, 3.05) is 11.8 Å². The summed E-state index contributed by atoms with van der Waals surface area (Å²) >= 11 is 5.89. The van der Waals surface area contributed by atoms with Crippen molar-refractivity contribution in [1.82, 2.24) is 10.2 Å². The van der Waals surface area contributed by atoms with Crippen LogP contribution in [-0.2, 0) is 10.0 Å². The summed E-state index contributed by atoms with van der Waals surface area (Å²) in [6.45, 7) is 0. The maximum Gasteiger partial charge on any atom is 0.265 e. The van der Waals surface area contributed by atoms with Crippen molar-refractivity contribution < 1.29 is 13.2 Å². The average Bonchev–Trinajstić information content (AvgIpc) is 2.94. The lowest BCUT2D eigenvalue weighted by Crippen LogP contribution is -2.14. The second-order valence-electron chi connectivity index (χ2n) is 4.57. The average molecular weight is 338 g/mol. The summed E-state index contributed by atoms with van der Waals surface area (Å²) in [5, 5.41) is 7.89. The SMILES string of the molecule is COc1ccc(Cl)cc1S(=O)(=O)Nc1ccc2cn[nH]c2c1. The molecule has 0 aliphatic heterocycles. The minimum Gasteiger partial charge on any atom is -0.495 e. The van der Waals surface area contributed by atoms with Gasteiger partial charge in [-0.3, -0.25) is 9.82 Å². The second-order valence-corrected chi connectivity index (χ2v) is 6.66. The fraction of sp³-hybridized carbons (Fsp3) is 0.0714. The Morgan fingerprint density at radius 2 is 2.05 bits per heavy atom. The minimum absolute atomic E-state index is 0.0211. The molecule has 0 spiro atoms. The summed E-state index contributed by atoms with van der Waals surface area (Å²) in [4.78, 5) is -0.0211. The van der Waals surface area contributed by atoms with Gasteiger partial charge in [0.25, 0.3) is 10.0 Å². The zero-order valence-electron chi connectivity index (χ0n) is 11.5.